The Hall–Kier alpha value is -1.80. The van der Waals surface area contributed by atoms with E-state index in [1.165, 1.54) is 7.11 Å². The molecule has 1 aromatic rings. The van der Waals surface area contributed by atoms with Crippen molar-refractivity contribution in [3.8, 4) is 5.75 Å². The Balaban J connectivity index is 3.62. The number of ether oxygens (including phenoxy) is 1. The number of carbonyl (C=O) groups is 1. The predicted molar refractivity (Wildman–Crippen MR) is 55.7 cm³/mol. The standard InChI is InChI=1S/C8H10N2O5S/c1-15-7-5(9)2-4(8(11)12)3-6(7)16(10,13)14/h2-3H,9H2,1H3,(H,11,12)(H2,10,13,14). The largest absolute Gasteiger partial charge is 0.493 e. The molecule has 0 atom stereocenters. The van der Waals surface area contributed by atoms with Crippen LogP contribution in [0.15, 0.2) is 17.0 Å². The first-order valence-electron chi connectivity index (χ1n) is 4.01. The number of hydrogen-bond acceptors (Lipinski definition) is 5. The number of aromatic carboxylic acids is 1. The summed E-state index contributed by atoms with van der Waals surface area (Å²) in [6.07, 6.45) is 0. The summed E-state index contributed by atoms with van der Waals surface area (Å²) >= 11 is 0. The van der Waals surface area contributed by atoms with Gasteiger partial charge in [-0.3, -0.25) is 0 Å². The zero-order chi connectivity index (χ0) is 12.5. The molecule has 0 saturated heterocycles. The van der Waals surface area contributed by atoms with Crippen molar-refractivity contribution in [3.63, 3.8) is 0 Å². The van der Waals surface area contributed by atoms with Crippen LogP contribution in [0.25, 0.3) is 0 Å². The fraction of sp³-hybridized carbons (Fsp3) is 0.125. The van der Waals surface area contributed by atoms with E-state index in [0.29, 0.717) is 0 Å². The Bertz CT molecular complexity index is 538. The van der Waals surface area contributed by atoms with Gasteiger partial charge < -0.3 is 15.6 Å². The quantitative estimate of drug-likeness (QED) is 0.623. The van der Waals surface area contributed by atoms with Crippen molar-refractivity contribution in [2.45, 2.75) is 4.90 Å². The van der Waals surface area contributed by atoms with Gasteiger partial charge in [-0.15, -0.1) is 0 Å². The molecular weight excluding hydrogens is 236 g/mol. The molecule has 0 spiro atoms. The number of carboxylic acid groups (broad SMARTS) is 1. The molecular formula is C8H10N2O5S. The topological polar surface area (TPSA) is 133 Å². The molecule has 0 bridgehead atoms. The van der Waals surface area contributed by atoms with E-state index in [1.807, 2.05) is 0 Å². The highest BCUT2D eigenvalue weighted by Gasteiger charge is 2.20. The molecule has 0 amide bonds. The first-order valence-corrected chi connectivity index (χ1v) is 5.55. The SMILES string of the molecule is COc1c(N)cc(C(=O)O)cc1S(N)(=O)=O. The summed E-state index contributed by atoms with van der Waals surface area (Å²) in [7, 11) is -2.88. The van der Waals surface area contributed by atoms with Crippen LogP contribution >= 0.6 is 0 Å². The van der Waals surface area contributed by atoms with Gasteiger partial charge in [-0.25, -0.2) is 18.4 Å². The summed E-state index contributed by atoms with van der Waals surface area (Å²) in [6, 6.07) is 1.99. The van der Waals surface area contributed by atoms with Gasteiger partial charge in [-0.1, -0.05) is 0 Å². The number of nitrogens with two attached hydrogens (primary N) is 2. The summed E-state index contributed by atoms with van der Waals surface area (Å²) in [6.45, 7) is 0. The van der Waals surface area contributed by atoms with E-state index < -0.39 is 20.9 Å². The Morgan fingerprint density at radius 3 is 2.38 bits per heavy atom. The maximum Gasteiger partial charge on any atom is 0.335 e. The number of hydrogen-bond donors (Lipinski definition) is 3. The third-order valence-corrected chi connectivity index (χ3v) is 2.76. The molecule has 0 aliphatic rings. The van der Waals surface area contributed by atoms with Crippen molar-refractivity contribution < 1.29 is 23.1 Å². The minimum atomic E-state index is -4.09. The first kappa shape index (κ1) is 12.3. The molecule has 16 heavy (non-hydrogen) atoms. The van der Waals surface area contributed by atoms with Crippen LogP contribution in [-0.4, -0.2) is 26.6 Å². The van der Waals surface area contributed by atoms with Crippen LogP contribution in [-0.2, 0) is 10.0 Å². The Kier molecular flexibility index (Phi) is 3.06. The van der Waals surface area contributed by atoms with Gasteiger partial charge in [0, 0.05) is 0 Å². The maximum atomic E-state index is 11.2. The van der Waals surface area contributed by atoms with E-state index in [4.69, 9.17) is 20.7 Å². The lowest BCUT2D eigenvalue weighted by Gasteiger charge is -2.10. The molecule has 1 rings (SSSR count). The molecule has 0 saturated carbocycles. The van der Waals surface area contributed by atoms with E-state index >= 15 is 0 Å². The van der Waals surface area contributed by atoms with E-state index in [0.717, 1.165) is 12.1 Å². The minimum absolute atomic E-state index is 0.105. The second-order valence-corrected chi connectivity index (χ2v) is 4.48. The maximum absolute atomic E-state index is 11.2. The predicted octanol–water partition coefficient (Wildman–Crippen LogP) is -0.377. The zero-order valence-electron chi connectivity index (χ0n) is 8.30. The first-order chi connectivity index (χ1) is 7.27. The second kappa shape index (κ2) is 3.99. The van der Waals surface area contributed by atoms with Crippen LogP contribution in [0.3, 0.4) is 0 Å². The number of carboxylic acids is 1. The van der Waals surface area contributed by atoms with E-state index in [-0.39, 0.29) is 17.0 Å². The van der Waals surface area contributed by atoms with Crippen molar-refractivity contribution in [1.29, 1.82) is 0 Å². The summed E-state index contributed by atoms with van der Waals surface area (Å²) < 4.78 is 27.1. The van der Waals surface area contributed by atoms with Gasteiger partial charge in [-0.05, 0) is 12.1 Å². The van der Waals surface area contributed by atoms with Crippen molar-refractivity contribution in [2.24, 2.45) is 5.14 Å². The molecule has 0 aliphatic heterocycles. The molecule has 0 aromatic heterocycles. The van der Waals surface area contributed by atoms with Gasteiger partial charge in [0.05, 0.1) is 18.4 Å². The highest BCUT2D eigenvalue weighted by Crippen LogP contribution is 2.30. The fourth-order valence-electron chi connectivity index (χ4n) is 1.18. The Morgan fingerprint density at radius 2 is 2.00 bits per heavy atom. The van der Waals surface area contributed by atoms with Gasteiger partial charge in [-0.2, -0.15) is 0 Å². The van der Waals surface area contributed by atoms with Crippen LogP contribution < -0.4 is 15.6 Å². The third-order valence-electron chi connectivity index (χ3n) is 1.84. The van der Waals surface area contributed by atoms with Crippen LogP contribution in [0.1, 0.15) is 10.4 Å². The monoisotopic (exact) mass is 246 g/mol. The van der Waals surface area contributed by atoms with Gasteiger partial charge >= 0.3 is 5.97 Å². The third kappa shape index (κ3) is 2.23. The summed E-state index contributed by atoms with van der Waals surface area (Å²) in [5.41, 5.74) is 5.08. The number of sulfonamides is 1. The molecule has 5 N–H and O–H groups in total. The molecule has 0 unspecified atom stereocenters. The summed E-state index contributed by atoms with van der Waals surface area (Å²) in [5.74, 6) is -1.47. The van der Waals surface area contributed by atoms with Crippen LogP contribution in [0.4, 0.5) is 5.69 Å². The zero-order valence-corrected chi connectivity index (χ0v) is 9.11. The van der Waals surface area contributed by atoms with Crippen LogP contribution in [0, 0.1) is 0 Å². The molecule has 7 nitrogen and oxygen atoms in total. The number of methoxy groups -OCH3 is 1. The Morgan fingerprint density at radius 1 is 1.44 bits per heavy atom. The summed E-state index contributed by atoms with van der Waals surface area (Å²) in [4.78, 5) is 10.2. The number of benzene rings is 1. The highest BCUT2D eigenvalue weighted by atomic mass is 32.2. The fourth-order valence-corrected chi connectivity index (χ4v) is 1.93. The van der Waals surface area contributed by atoms with Crippen molar-refractivity contribution >= 4 is 21.7 Å². The van der Waals surface area contributed by atoms with Crippen LogP contribution in [0.2, 0.25) is 0 Å². The van der Waals surface area contributed by atoms with Gasteiger partial charge in [0.1, 0.15) is 4.90 Å². The number of anilines is 1. The molecule has 1 aromatic carbocycles. The molecule has 0 radical (unpaired) electrons. The molecule has 0 fully saturated rings. The number of nitrogen functional groups attached to an aromatic ring is 1. The van der Waals surface area contributed by atoms with Gasteiger partial charge in [0.2, 0.25) is 10.0 Å². The van der Waals surface area contributed by atoms with E-state index in [1.54, 1.807) is 0 Å². The smallest absolute Gasteiger partial charge is 0.335 e. The van der Waals surface area contributed by atoms with Gasteiger partial charge in [0.15, 0.2) is 5.75 Å². The van der Waals surface area contributed by atoms with Crippen molar-refractivity contribution in [3.05, 3.63) is 17.7 Å². The van der Waals surface area contributed by atoms with Gasteiger partial charge in [0.25, 0.3) is 0 Å². The lowest BCUT2D eigenvalue weighted by Crippen LogP contribution is -2.15. The van der Waals surface area contributed by atoms with Crippen LogP contribution in [0.5, 0.6) is 5.75 Å². The normalized spacial score (nSPS) is 11.1. The Labute approximate surface area is 91.7 Å². The average Bonchev–Trinajstić information content (AvgIpc) is 2.14. The molecule has 88 valence electrons. The summed E-state index contributed by atoms with van der Waals surface area (Å²) in [5, 5.41) is 13.6. The minimum Gasteiger partial charge on any atom is -0.493 e. The molecule has 0 heterocycles. The van der Waals surface area contributed by atoms with Crippen molar-refractivity contribution in [1.82, 2.24) is 0 Å². The lowest BCUT2D eigenvalue weighted by atomic mass is 10.2. The van der Waals surface area contributed by atoms with Crippen molar-refractivity contribution in [2.75, 3.05) is 12.8 Å². The lowest BCUT2D eigenvalue weighted by molar-refractivity contribution is 0.0696. The number of rotatable bonds is 3. The molecule has 8 heteroatoms. The highest BCUT2D eigenvalue weighted by molar-refractivity contribution is 7.89. The molecule has 0 aliphatic carbocycles. The van der Waals surface area contributed by atoms with E-state index in [9.17, 15) is 13.2 Å². The second-order valence-electron chi connectivity index (χ2n) is 2.95. The number of primary sulfonamides is 1. The van der Waals surface area contributed by atoms with E-state index in [2.05, 4.69) is 0 Å². The average molecular weight is 246 g/mol.